The Hall–Kier alpha value is -1.58. The van der Waals surface area contributed by atoms with Crippen molar-refractivity contribution >= 4 is 11.9 Å². The zero-order valence-electron chi connectivity index (χ0n) is 11.3. The predicted octanol–water partition coefficient (Wildman–Crippen LogP) is 2.47. The first kappa shape index (κ1) is 16.4. The lowest BCUT2D eigenvalue weighted by atomic mass is 9.98. The fourth-order valence-corrected chi connectivity index (χ4v) is 1.75. The number of carboxylic acid groups (broad SMARTS) is 1. The fourth-order valence-electron chi connectivity index (χ4n) is 1.75. The molecule has 0 aromatic rings. The highest BCUT2D eigenvalue weighted by atomic mass is 16.4. The largest absolute Gasteiger partial charge is 0.480 e. The number of rotatable bonds is 9. The molecule has 0 aliphatic rings. The van der Waals surface area contributed by atoms with E-state index in [0.29, 0.717) is 12.8 Å². The summed E-state index contributed by atoms with van der Waals surface area (Å²) in [5, 5.41) is 8.88. The zero-order valence-corrected chi connectivity index (χ0v) is 11.3. The van der Waals surface area contributed by atoms with Gasteiger partial charge in [-0.1, -0.05) is 19.1 Å². The van der Waals surface area contributed by atoms with E-state index in [-0.39, 0.29) is 24.4 Å². The second-order valence-electron chi connectivity index (χ2n) is 4.36. The average molecular weight is 253 g/mol. The summed E-state index contributed by atoms with van der Waals surface area (Å²) in [5.41, 5.74) is 0. The molecular formula is C14H23NO3. The molecule has 0 fully saturated rings. The second-order valence-corrected chi connectivity index (χ2v) is 4.36. The topological polar surface area (TPSA) is 57.6 Å². The third-order valence-corrected chi connectivity index (χ3v) is 2.96. The number of carbonyl (C=O) groups is 2. The van der Waals surface area contributed by atoms with Gasteiger partial charge in [-0.05, 0) is 26.2 Å². The molecule has 1 atom stereocenters. The molecule has 102 valence electrons. The molecule has 0 aliphatic heterocycles. The van der Waals surface area contributed by atoms with Crippen LogP contribution in [-0.2, 0) is 9.59 Å². The van der Waals surface area contributed by atoms with Gasteiger partial charge in [0.1, 0.15) is 6.54 Å². The maximum absolute atomic E-state index is 12.3. The number of carbonyl (C=O) groups excluding carboxylic acids is 1. The number of aliphatic carboxylic acids is 1. The maximum Gasteiger partial charge on any atom is 0.323 e. The van der Waals surface area contributed by atoms with Crippen LogP contribution in [0.1, 0.15) is 33.1 Å². The van der Waals surface area contributed by atoms with Gasteiger partial charge in [-0.25, -0.2) is 0 Å². The van der Waals surface area contributed by atoms with Crippen LogP contribution >= 0.6 is 0 Å². The Morgan fingerprint density at radius 1 is 1.28 bits per heavy atom. The lowest BCUT2D eigenvalue weighted by Crippen LogP contribution is -2.44. The van der Waals surface area contributed by atoms with Gasteiger partial charge >= 0.3 is 5.97 Å². The number of allylic oxidation sites excluding steroid dienone is 2. The quantitative estimate of drug-likeness (QED) is 0.642. The Morgan fingerprint density at radius 2 is 1.78 bits per heavy atom. The van der Waals surface area contributed by atoms with Gasteiger partial charge in [-0.3, -0.25) is 9.59 Å². The van der Waals surface area contributed by atoms with E-state index in [9.17, 15) is 9.59 Å². The number of hydrogen-bond donors (Lipinski definition) is 1. The number of amides is 1. The van der Waals surface area contributed by atoms with Crippen LogP contribution in [0.25, 0.3) is 0 Å². The van der Waals surface area contributed by atoms with Crippen molar-refractivity contribution in [1.29, 1.82) is 0 Å². The van der Waals surface area contributed by atoms with Crippen LogP contribution in [0.2, 0.25) is 0 Å². The minimum atomic E-state index is -0.986. The molecule has 0 aliphatic carbocycles. The highest BCUT2D eigenvalue weighted by molar-refractivity contribution is 5.83. The summed E-state index contributed by atoms with van der Waals surface area (Å²) in [6, 6.07) is -0.0780. The van der Waals surface area contributed by atoms with Crippen LogP contribution in [0.4, 0.5) is 0 Å². The third-order valence-electron chi connectivity index (χ3n) is 2.96. The van der Waals surface area contributed by atoms with E-state index in [1.165, 1.54) is 4.90 Å². The lowest BCUT2D eigenvalue weighted by Gasteiger charge is -2.30. The van der Waals surface area contributed by atoms with Crippen LogP contribution in [0.5, 0.6) is 0 Å². The standard InChI is InChI=1S/C14H23NO3/c1-5-8-12(9-6-2)14(18)15(10-13(16)17)11(4)7-3/h5-6,11-12H,1-2,7-10H2,3-4H3,(H,16,17). The van der Waals surface area contributed by atoms with Gasteiger partial charge in [-0.15, -0.1) is 13.2 Å². The molecule has 1 unspecified atom stereocenters. The molecule has 1 N–H and O–H groups in total. The molecule has 0 saturated carbocycles. The predicted molar refractivity (Wildman–Crippen MR) is 72.2 cm³/mol. The molecule has 4 heteroatoms. The third kappa shape index (κ3) is 5.17. The Labute approximate surface area is 109 Å². The fraction of sp³-hybridized carbons (Fsp3) is 0.571. The molecule has 4 nitrogen and oxygen atoms in total. The summed E-state index contributed by atoms with van der Waals surface area (Å²) >= 11 is 0. The summed E-state index contributed by atoms with van der Waals surface area (Å²) < 4.78 is 0. The first-order valence-electron chi connectivity index (χ1n) is 6.21. The molecule has 1 amide bonds. The van der Waals surface area contributed by atoms with E-state index in [1.54, 1.807) is 12.2 Å². The van der Waals surface area contributed by atoms with Crippen molar-refractivity contribution in [2.24, 2.45) is 5.92 Å². The van der Waals surface area contributed by atoms with E-state index in [2.05, 4.69) is 13.2 Å². The van der Waals surface area contributed by atoms with Gasteiger partial charge in [0, 0.05) is 12.0 Å². The van der Waals surface area contributed by atoms with Crippen molar-refractivity contribution in [3.8, 4) is 0 Å². The van der Waals surface area contributed by atoms with Gasteiger partial charge in [0.05, 0.1) is 0 Å². The molecule has 0 radical (unpaired) electrons. The van der Waals surface area contributed by atoms with Crippen molar-refractivity contribution in [2.45, 2.75) is 39.2 Å². The van der Waals surface area contributed by atoms with Gasteiger partial charge in [-0.2, -0.15) is 0 Å². The summed E-state index contributed by atoms with van der Waals surface area (Å²) in [4.78, 5) is 24.6. The first-order valence-corrected chi connectivity index (χ1v) is 6.21. The number of hydrogen-bond acceptors (Lipinski definition) is 2. The molecule has 0 spiro atoms. The Bertz CT molecular complexity index is 302. The van der Waals surface area contributed by atoms with Gasteiger partial charge in [0.25, 0.3) is 0 Å². The van der Waals surface area contributed by atoms with Crippen LogP contribution in [-0.4, -0.2) is 34.5 Å². The second kappa shape index (κ2) is 8.50. The first-order chi connectivity index (χ1) is 8.47. The van der Waals surface area contributed by atoms with Crippen LogP contribution < -0.4 is 0 Å². The van der Waals surface area contributed by atoms with Crippen LogP contribution in [0.3, 0.4) is 0 Å². The molecule has 18 heavy (non-hydrogen) atoms. The molecule has 0 aromatic carbocycles. The summed E-state index contributed by atoms with van der Waals surface area (Å²) in [6.45, 7) is 10.8. The molecular weight excluding hydrogens is 230 g/mol. The monoisotopic (exact) mass is 253 g/mol. The zero-order chi connectivity index (χ0) is 14.1. The van der Waals surface area contributed by atoms with Gasteiger partial charge in [0.2, 0.25) is 5.91 Å². The van der Waals surface area contributed by atoms with E-state index in [1.807, 2.05) is 13.8 Å². The Morgan fingerprint density at radius 3 is 2.11 bits per heavy atom. The van der Waals surface area contributed by atoms with Crippen molar-refractivity contribution in [3.63, 3.8) is 0 Å². The number of carboxylic acids is 1. The van der Waals surface area contributed by atoms with E-state index in [0.717, 1.165) is 6.42 Å². The highest BCUT2D eigenvalue weighted by Crippen LogP contribution is 2.17. The number of nitrogens with zero attached hydrogens (tertiary/aromatic N) is 1. The van der Waals surface area contributed by atoms with Crippen molar-refractivity contribution in [1.82, 2.24) is 4.90 Å². The van der Waals surface area contributed by atoms with Gasteiger partial charge in [0.15, 0.2) is 0 Å². The summed E-state index contributed by atoms with van der Waals surface area (Å²) in [6.07, 6.45) is 5.17. The maximum atomic E-state index is 12.3. The van der Waals surface area contributed by atoms with Crippen molar-refractivity contribution in [3.05, 3.63) is 25.3 Å². The minimum Gasteiger partial charge on any atom is -0.480 e. The SMILES string of the molecule is C=CCC(CC=C)C(=O)N(CC(=O)O)C(C)CC. The van der Waals surface area contributed by atoms with E-state index < -0.39 is 5.97 Å². The summed E-state index contributed by atoms with van der Waals surface area (Å²) in [5.74, 6) is -1.38. The normalized spacial score (nSPS) is 11.9. The minimum absolute atomic E-state index is 0.0780. The molecule has 0 bridgehead atoms. The molecule has 0 heterocycles. The smallest absolute Gasteiger partial charge is 0.323 e. The van der Waals surface area contributed by atoms with Gasteiger partial charge < -0.3 is 10.0 Å². The molecule has 0 rings (SSSR count). The van der Waals surface area contributed by atoms with E-state index >= 15 is 0 Å². The average Bonchev–Trinajstić information content (AvgIpc) is 2.33. The van der Waals surface area contributed by atoms with Crippen molar-refractivity contribution < 1.29 is 14.7 Å². The Kier molecular flexibility index (Phi) is 7.76. The van der Waals surface area contributed by atoms with Crippen LogP contribution in [0.15, 0.2) is 25.3 Å². The Balaban J connectivity index is 4.93. The highest BCUT2D eigenvalue weighted by Gasteiger charge is 2.27. The molecule has 0 aromatic heterocycles. The molecule has 0 saturated heterocycles. The summed E-state index contributed by atoms with van der Waals surface area (Å²) in [7, 11) is 0. The van der Waals surface area contributed by atoms with Crippen molar-refractivity contribution in [2.75, 3.05) is 6.54 Å². The van der Waals surface area contributed by atoms with Crippen LogP contribution in [0, 0.1) is 5.92 Å². The van der Waals surface area contributed by atoms with E-state index in [4.69, 9.17) is 5.11 Å². The lowest BCUT2D eigenvalue weighted by molar-refractivity contribution is -0.148.